The molecule has 0 atom stereocenters. The van der Waals surface area contributed by atoms with Gasteiger partial charge in [-0.2, -0.15) is 10.5 Å². The first-order chi connectivity index (χ1) is 11.7. The first-order valence-electron chi connectivity index (χ1n) is 7.22. The Labute approximate surface area is 146 Å². The summed E-state index contributed by atoms with van der Waals surface area (Å²) < 4.78 is 2.79. The molecule has 0 aliphatic rings. The molecule has 0 aliphatic carbocycles. The van der Waals surface area contributed by atoms with Crippen molar-refractivity contribution in [1.29, 1.82) is 10.5 Å². The van der Waals surface area contributed by atoms with Gasteiger partial charge in [-0.25, -0.2) is 4.98 Å². The lowest BCUT2D eigenvalue weighted by molar-refractivity contribution is 1.07. The molecule has 4 rings (SSSR count). The summed E-state index contributed by atoms with van der Waals surface area (Å²) in [4.78, 5) is 4.55. The second kappa shape index (κ2) is 5.49. The molecule has 4 aromatic rings. The first-order valence-corrected chi connectivity index (χ1v) is 8.02. The fourth-order valence-electron chi connectivity index (χ4n) is 2.93. The minimum absolute atomic E-state index is 0.589. The van der Waals surface area contributed by atoms with Gasteiger partial charge in [0.1, 0.15) is 10.4 Å². The van der Waals surface area contributed by atoms with Crippen molar-refractivity contribution in [2.24, 2.45) is 0 Å². The molecule has 4 nitrogen and oxygen atoms in total. The van der Waals surface area contributed by atoms with Crippen LogP contribution in [0.1, 0.15) is 11.1 Å². The SMILES string of the molecule is N#Cc1ccc2c(c1)c1cc(C#N)ccc1n2-c1cccc(Br)n1. The molecule has 0 amide bonds. The average molecular weight is 373 g/mol. The molecular weight excluding hydrogens is 364 g/mol. The lowest BCUT2D eigenvalue weighted by atomic mass is 10.1. The van der Waals surface area contributed by atoms with Crippen LogP contribution in [0, 0.1) is 22.7 Å². The van der Waals surface area contributed by atoms with Crippen LogP contribution >= 0.6 is 15.9 Å². The lowest BCUT2D eigenvalue weighted by Gasteiger charge is -2.07. The summed E-state index contributed by atoms with van der Waals surface area (Å²) in [7, 11) is 0. The second-order valence-electron chi connectivity index (χ2n) is 5.34. The van der Waals surface area contributed by atoms with Crippen LogP contribution in [0.2, 0.25) is 0 Å². The van der Waals surface area contributed by atoms with Gasteiger partial charge < -0.3 is 0 Å². The van der Waals surface area contributed by atoms with Crippen LogP contribution in [0.3, 0.4) is 0 Å². The van der Waals surface area contributed by atoms with Crippen molar-refractivity contribution < 1.29 is 0 Å². The molecule has 2 aromatic carbocycles. The summed E-state index contributed by atoms with van der Waals surface area (Å²) in [6.07, 6.45) is 0. The van der Waals surface area contributed by atoms with Gasteiger partial charge in [0.2, 0.25) is 0 Å². The van der Waals surface area contributed by atoms with Crippen molar-refractivity contribution in [1.82, 2.24) is 9.55 Å². The third kappa shape index (κ3) is 2.15. The Hall–Kier alpha value is -3.15. The summed E-state index contributed by atoms with van der Waals surface area (Å²) in [6.45, 7) is 0. The molecule has 2 aromatic heterocycles. The zero-order chi connectivity index (χ0) is 16.7. The maximum atomic E-state index is 9.20. The van der Waals surface area contributed by atoms with Gasteiger partial charge in [-0.05, 0) is 64.5 Å². The molecule has 0 radical (unpaired) electrons. The van der Waals surface area contributed by atoms with Gasteiger partial charge in [0.25, 0.3) is 0 Å². The number of pyridine rings is 1. The summed E-state index contributed by atoms with van der Waals surface area (Å²) in [5, 5.41) is 20.3. The molecule has 0 saturated heterocycles. The quantitative estimate of drug-likeness (QED) is 0.455. The fourth-order valence-corrected chi connectivity index (χ4v) is 3.27. The monoisotopic (exact) mass is 372 g/mol. The first kappa shape index (κ1) is 14.4. The van der Waals surface area contributed by atoms with E-state index in [9.17, 15) is 10.5 Å². The minimum Gasteiger partial charge on any atom is -0.294 e. The molecule has 0 fully saturated rings. The van der Waals surface area contributed by atoms with Crippen molar-refractivity contribution in [3.05, 3.63) is 70.3 Å². The standard InChI is InChI=1S/C19H9BrN4/c20-18-2-1-3-19(23-18)24-16-6-4-12(10-21)8-14(16)15-9-13(11-22)5-7-17(15)24/h1-9H. The molecular formula is C19H9BrN4. The van der Waals surface area contributed by atoms with Gasteiger partial charge in [-0.3, -0.25) is 4.57 Å². The zero-order valence-electron chi connectivity index (χ0n) is 12.4. The molecule has 0 N–H and O–H groups in total. The Bertz CT molecular complexity index is 1120. The average Bonchev–Trinajstić information content (AvgIpc) is 2.94. The topological polar surface area (TPSA) is 65.4 Å². The summed E-state index contributed by atoms with van der Waals surface area (Å²) in [6, 6.07) is 21.2. The van der Waals surface area contributed by atoms with E-state index in [1.54, 1.807) is 12.1 Å². The predicted molar refractivity (Wildman–Crippen MR) is 95.7 cm³/mol. The molecule has 5 heteroatoms. The predicted octanol–water partition coefficient (Wildman–Crippen LogP) is 4.68. The largest absolute Gasteiger partial charge is 0.294 e. The minimum atomic E-state index is 0.589. The summed E-state index contributed by atoms with van der Waals surface area (Å²) >= 11 is 3.41. The molecule has 0 unspecified atom stereocenters. The van der Waals surface area contributed by atoms with Crippen molar-refractivity contribution >= 4 is 37.7 Å². The van der Waals surface area contributed by atoms with Crippen LogP contribution in [0.25, 0.3) is 27.6 Å². The molecule has 0 saturated carbocycles. The summed E-state index contributed by atoms with van der Waals surface area (Å²) in [5.74, 6) is 0.777. The van der Waals surface area contributed by atoms with Crippen LogP contribution in [-0.2, 0) is 0 Å². The highest BCUT2D eigenvalue weighted by Gasteiger charge is 2.14. The van der Waals surface area contributed by atoms with E-state index in [4.69, 9.17) is 0 Å². The van der Waals surface area contributed by atoms with Crippen LogP contribution in [0.5, 0.6) is 0 Å². The van der Waals surface area contributed by atoms with E-state index in [-0.39, 0.29) is 0 Å². The lowest BCUT2D eigenvalue weighted by Crippen LogP contribution is -1.97. The number of benzene rings is 2. The van der Waals surface area contributed by atoms with Crippen LogP contribution in [-0.4, -0.2) is 9.55 Å². The number of fused-ring (bicyclic) bond motifs is 3. The van der Waals surface area contributed by atoms with E-state index in [2.05, 4.69) is 33.1 Å². The number of aromatic nitrogens is 2. The normalized spacial score (nSPS) is 10.6. The number of halogens is 1. The van der Waals surface area contributed by atoms with E-state index < -0.39 is 0 Å². The zero-order valence-corrected chi connectivity index (χ0v) is 13.9. The molecule has 2 heterocycles. The maximum Gasteiger partial charge on any atom is 0.138 e. The van der Waals surface area contributed by atoms with E-state index in [1.165, 1.54) is 0 Å². The van der Waals surface area contributed by atoms with E-state index in [0.717, 1.165) is 32.2 Å². The molecule has 24 heavy (non-hydrogen) atoms. The number of rotatable bonds is 1. The molecule has 0 bridgehead atoms. The fraction of sp³-hybridized carbons (Fsp3) is 0. The van der Waals surface area contributed by atoms with Gasteiger partial charge in [-0.1, -0.05) is 6.07 Å². The van der Waals surface area contributed by atoms with Gasteiger partial charge in [-0.15, -0.1) is 0 Å². The maximum absolute atomic E-state index is 9.20. The Balaban J connectivity index is 2.19. The number of hydrogen-bond acceptors (Lipinski definition) is 3. The van der Waals surface area contributed by atoms with E-state index >= 15 is 0 Å². The van der Waals surface area contributed by atoms with Gasteiger partial charge >= 0.3 is 0 Å². The third-order valence-corrected chi connectivity index (χ3v) is 4.39. The highest BCUT2D eigenvalue weighted by atomic mass is 79.9. The van der Waals surface area contributed by atoms with Crippen molar-refractivity contribution in [2.75, 3.05) is 0 Å². The summed E-state index contributed by atoms with van der Waals surface area (Å²) in [5.41, 5.74) is 3.08. The van der Waals surface area contributed by atoms with E-state index in [0.29, 0.717) is 11.1 Å². The number of nitriles is 2. The van der Waals surface area contributed by atoms with Crippen molar-refractivity contribution in [3.8, 4) is 18.0 Å². The Kier molecular flexibility index (Phi) is 3.30. The number of hydrogen-bond donors (Lipinski definition) is 0. The van der Waals surface area contributed by atoms with Crippen molar-refractivity contribution in [3.63, 3.8) is 0 Å². The van der Waals surface area contributed by atoms with Gasteiger partial charge in [0.15, 0.2) is 0 Å². The molecule has 112 valence electrons. The Morgan fingerprint density at radius 1 is 0.833 bits per heavy atom. The van der Waals surface area contributed by atoms with Crippen LogP contribution in [0.4, 0.5) is 0 Å². The smallest absolute Gasteiger partial charge is 0.138 e. The Morgan fingerprint density at radius 3 is 1.92 bits per heavy atom. The second-order valence-corrected chi connectivity index (χ2v) is 6.15. The van der Waals surface area contributed by atoms with E-state index in [1.807, 2.05) is 47.0 Å². The Morgan fingerprint density at radius 2 is 1.42 bits per heavy atom. The van der Waals surface area contributed by atoms with Crippen LogP contribution < -0.4 is 0 Å². The number of nitrogens with zero attached hydrogens (tertiary/aromatic N) is 4. The van der Waals surface area contributed by atoms with Gasteiger partial charge in [0.05, 0.1) is 34.3 Å². The third-order valence-electron chi connectivity index (χ3n) is 3.95. The highest BCUT2D eigenvalue weighted by molar-refractivity contribution is 9.10. The molecule has 0 spiro atoms. The highest BCUT2D eigenvalue weighted by Crippen LogP contribution is 2.33. The van der Waals surface area contributed by atoms with Crippen LogP contribution in [0.15, 0.2) is 59.2 Å². The molecule has 0 aliphatic heterocycles. The van der Waals surface area contributed by atoms with Gasteiger partial charge in [0, 0.05) is 10.8 Å². The van der Waals surface area contributed by atoms with Crippen molar-refractivity contribution in [2.45, 2.75) is 0 Å².